The molecule has 0 aliphatic rings. The number of nitrogens with one attached hydrogen (secondary N) is 1. The first-order valence-electron chi connectivity index (χ1n) is 6.36. The van der Waals surface area contributed by atoms with Crippen molar-refractivity contribution in [3.8, 4) is 5.75 Å². The van der Waals surface area contributed by atoms with Crippen molar-refractivity contribution in [1.29, 1.82) is 0 Å². The molecule has 2 aromatic carbocycles. The van der Waals surface area contributed by atoms with Crippen LogP contribution in [0, 0.1) is 5.82 Å². The Morgan fingerprint density at radius 3 is 2.81 bits per heavy atom. The maximum absolute atomic E-state index is 13.5. The van der Waals surface area contributed by atoms with E-state index < -0.39 is 11.8 Å². The first-order chi connectivity index (χ1) is 10.1. The highest BCUT2D eigenvalue weighted by atomic mass is 19.1. The minimum atomic E-state index is -0.987. The predicted molar refractivity (Wildman–Crippen MR) is 76.0 cm³/mol. The molecule has 0 amide bonds. The molecule has 0 radical (unpaired) electrons. The summed E-state index contributed by atoms with van der Waals surface area (Å²) in [4.78, 5) is 14.0. The van der Waals surface area contributed by atoms with Crippen LogP contribution in [0.3, 0.4) is 0 Å². The molecule has 2 N–H and O–H groups in total. The number of carboxylic acid groups (broad SMARTS) is 1. The molecule has 0 atom stereocenters. The van der Waals surface area contributed by atoms with Gasteiger partial charge in [0.1, 0.15) is 6.61 Å². The molecule has 0 spiro atoms. The van der Waals surface area contributed by atoms with E-state index in [1.165, 1.54) is 12.1 Å². The Labute approximate surface area is 119 Å². The largest absolute Gasteiger partial charge is 0.486 e. The van der Waals surface area contributed by atoms with Crippen LogP contribution in [0.1, 0.15) is 15.9 Å². The van der Waals surface area contributed by atoms with E-state index in [-0.39, 0.29) is 17.9 Å². The zero-order valence-electron chi connectivity index (χ0n) is 11.0. The van der Waals surface area contributed by atoms with E-state index in [4.69, 9.17) is 9.84 Å². The number of carboxylic acids is 1. The van der Waals surface area contributed by atoms with Gasteiger partial charge in [-0.3, -0.25) is 0 Å². The van der Waals surface area contributed by atoms with Gasteiger partial charge in [0.05, 0.1) is 5.56 Å². The summed E-state index contributed by atoms with van der Waals surface area (Å²) in [6, 6.07) is 11.0. The summed E-state index contributed by atoms with van der Waals surface area (Å²) >= 11 is 0. The Morgan fingerprint density at radius 1 is 1.24 bits per heavy atom. The van der Waals surface area contributed by atoms with Crippen LogP contribution in [0.4, 0.5) is 4.39 Å². The average molecular weight is 285 g/mol. The van der Waals surface area contributed by atoms with E-state index in [0.29, 0.717) is 0 Å². The average Bonchev–Trinajstić information content (AvgIpc) is 2.88. The molecule has 0 unspecified atom stereocenters. The molecule has 0 aliphatic carbocycles. The predicted octanol–water partition coefficient (Wildman–Crippen LogP) is 3.58. The van der Waals surface area contributed by atoms with Gasteiger partial charge >= 0.3 is 5.97 Å². The van der Waals surface area contributed by atoms with Crippen LogP contribution >= 0.6 is 0 Å². The summed E-state index contributed by atoms with van der Waals surface area (Å²) in [5, 5.41) is 9.78. The van der Waals surface area contributed by atoms with Gasteiger partial charge in [0, 0.05) is 22.7 Å². The molecular formula is C16H12FNO3. The Bertz CT molecular complexity index is 810. The van der Waals surface area contributed by atoms with E-state index >= 15 is 0 Å². The number of hydrogen-bond donors (Lipinski definition) is 2. The van der Waals surface area contributed by atoms with Gasteiger partial charge in [-0.05, 0) is 30.3 Å². The standard InChI is InChI=1S/C16H12FNO3/c17-13-3-1-2-4-15(13)21-9-11-8-18-14-6-5-10(16(19)20)7-12(11)14/h1-8,18H,9H2,(H,19,20). The second kappa shape index (κ2) is 5.28. The molecule has 3 aromatic rings. The minimum Gasteiger partial charge on any atom is -0.486 e. The van der Waals surface area contributed by atoms with E-state index in [9.17, 15) is 9.18 Å². The third-order valence-electron chi connectivity index (χ3n) is 3.23. The number of aromatic amines is 1. The van der Waals surface area contributed by atoms with E-state index in [1.54, 1.807) is 36.5 Å². The fourth-order valence-electron chi connectivity index (χ4n) is 2.15. The third-order valence-corrected chi connectivity index (χ3v) is 3.23. The number of H-pyrrole nitrogens is 1. The molecule has 0 saturated heterocycles. The number of hydrogen-bond acceptors (Lipinski definition) is 2. The second-order valence-corrected chi connectivity index (χ2v) is 4.60. The van der Waals surface area contributed by atoms with Crippen molar-refractivity contribution in [3.63, 3.8) is 0 Å². The number of halogens is 1. The number of fused-ring (bicyclic) bond motifs is 1. The Morgan fingerprint density at radius 2 is 2.05 bits per heavy atom. The van der Waals surface area contributed by atoms with Crippen LogP contribution in [0.5, 0.6) is 5.75 Å². The van der Waals surface area contributed by atoms with E-state index in [1.807, 2.05) is 0 Å². The van der Waals surface area contributed by atoms with Crippen molar-refractivity contribution in [2.45, 2.75) is 6.61 Å². The third kappa shape index (κ3) is 2.58. The first-order valence-corrected chi connectivity index (χ1v) is 6.36. The number of aromatic nitrogens is 1. The molecule has 4 nitrogen and oxygen atoms in total. The van der Waals surface area contributed by atoms with Gasteiger partial charge in [-0.15, -0.1) is 0 Å². The number of benzene rings is 2. The lowest BCUT2D eigenvalue weighted by atomic mass is 10.1. The molecule has 1 heterocycles. The summed E-state index contributed by atoms with van der Waals surface area (Å²) in [5.41, 5.74) is 1.79. The van der Waals surface area contributed by atoms with Crippen molar-refractivity contribution in [2.75, 3.05) is 0 Å². The van der Waals surface area contributed by atoms with Crippen LogP contribution < -0.4 is 4.74 Å². The van der Waals surface area contributed by atoms with Gasteiger partial charge < -0.3 is 14.8 Å². The Hall–Kier alpha value is -2.82. The summed E-state index contributed by atoms with van der Waals surface area (Å²) in [5.74, 6) is -1.25. The van der Waals surface area contributed by atoms with Crippen molar-refractivity contribution in [3.05, 3.63) is 65.6 Å². The number of ether oxygens (including phenoxy) is 1. The quantitative estimate of drug-likeness (QED) is 0.770. The summed E-state index contributed by atoms with van der Waals surface area (Å²) in [6.07, 6.45) is 1.73. The zero-order chi connectivity index (χ0) is 14.8. The summed E-state index contributed by atoms with van der Waals surface area (Å²) < 4.78 is 18.9. The van der Waals surface area contributed by atoms with Gasteiger partial charge in [0.25, 0.3) is 0 Å². The van der Waals surface area contributed by atoms with Crippen molar-refractivity contribution in [2.24, 2.45) is 0 Å². The number of aromatic carboxylic acids is 1. The van der Waals surface area contributed by atoms with E-state index in [2.05, 4.69) is 4.98 Å². The molecule has 5 heteroatoms. The van der Waals surface area contributed by atoms with Gasteiger partial charge in [0.15, 0.2) is 11.6 Å². The molecule has 21 heavy (non-hydrogen) atoms. The lowest BCUT2D eigenvalue weighted by Crippen LogP contribution is -1.98. The molecule has 0 fully saturated rings. The maximum Gasteiger partial charge on any atom is 0.335 e. The van der Waals surface area contributed by atoms with Crippen LogP contribution in [0.2, 0.25) is 0 Å². The summed E-state index contributed by atoms with van der Waals surface area (Å²) in [6.45, 7) is 0.157. The topological polar surface area (TPSA) is 62.3 Å². The SMILES string of the molecule is O=C(O)c1ccc2[nH]cc(COc3ccccc3F)c2c1. The zero-order valence-corrected chi connectivity index (χ0v) is 11.0. The second-order valence-electron chi connectivity index (χ2n) is 4.60. The molecule has 0 aliphatic heterocycles. The van der Waals surface area contributed by atoms with Crippen LogP contribution in [-0.4, -0.2) is 16.1 Å². The number of para-hydroxylation sites is 1. The van der Waals surface area contributed by atoms with Gasteiger partial charge in [-0.25, -0.2) is 9.18 Å². The van der Waals surface area contributed by atoms with E-state index in [0.717, 1.165) is 16.5 Å². The fraction of sp³-hybridized carbons (Fsp3) is 0.0625. The normalized spacial score (nSPS) is 10.7. The number of carbonyl (C=O) groups is 1. The lowest BCUT2D eigenvalue weighted by molar-refractivity contribution is 0.0697. The highest BCUT2D eigenvalue weighted by Crippen LogP contribution is 2.23. The molecule has 3 rings (SSSR count). The highest BCUT2D eigenvalue weighted by Gasteiger charge is 2.10. The molecule has 106 valence electrons. The molecule has 1 aromatic heterocycles. The highest BCUT2D eigenvalue weighted by molar-refractivity contribution is 5.94. The Kier molecular flexibility index (Phi) is 3.31. The van der Waals surface area contributed by atoms with Gasteiger partial charge in [-0.2, -0.15) is 0 Å². The molecular weight excluding hydrogens is 273 g/mol. The van der Waals surface area contributed by atoms with Gasteiger partial charge in [-0.1, -0.05) is 12.1 Å². The lowest BCUT2D eigenvalue weighted by Gasteiger charge is -2.06. The van der Waals surface area contributed by atoms with Crippen LogP contribution in [-0.2, 0) is 6.61 Å². The first kappa shape index (κ1) is 13.2. The Balaban J connectivity index is 1.89. The van der Waals surface area contributed by atoms with Crippen molar-refractivity contribution in [1.82, 2.24) is 4.98 Å². The maximum atomic E-state index is 13.5. The van der Waals surface area contributed by atoms with Crippen molar-refractivity contribution >= 4 is 16.9 Å². The fourth-order valence-corrected chi connectivity index (χ4v) is 2.15. The van der Waals surface area contributed by atoms with Crippen LogP contribution in [0.25, 0.3) is 10.9 Å². The van der Waals surface area contributed by atoms with Gasteiger partial charge in [0.2, 0.25) is 0 Å². The monoisotopic (exact) mass is 285 g/mol. The number of rotatable bonds is 4. The van der Waals surface area contributed by atoms with Crippen LogP contribution in [0.15, 0.2) is 48.7 Å². The minimum absolute atomic E-state index is 0.157. The smallest absolute Gasteiger partial charge is 0.335 e. The molecule has 0 saturated carbocycles. The van der Waals surface area contributed by atoms with Crippen molar-refractivity contribution < 1.29 is 19.0 Å². The summed E-state index contributed by atoms with van der Waals surface area (Å²) in [7, 11) is 0. The molecule has 0 bridgehead atoms.